The van der Waals surface area contributed by atoms with Gasteiger partial charge in [-0.15, -0.1) is 0 Å². The van der Waals surface area contributed by atoms with Crippen molar-refractivity contribution in [2.45, 2.75) is 77.6 Å². The van der Waals surface area contributed by atoms with E-state index in [1.54, 1.807) is 0 Å². The van der Waals surface area contributed by atoms with Crippen LogP contribution in [0.4, 0.5) is 0 Å². The number of hydrogen-bond acceptors (Lipinski definition) is 0. The predicted octanol–water partition coefficient (Wildman–Crippen LogP) is 6.01. The van der Waals surface area contributed by atoms with E-state index in [4.69, 9.17) is 0 Å². The molecular formula is C24H34N+. The van der Waals surface area contributed by atoms with Crippen molar-refractivity contribution in [1.29, 1.82) is 0 Å². The van der Waals surface area contributed by atoms with Crippen molar-refractivity contribution in [3.8, 4) is 11.3 Å². The first-order chi connectivity index (χ1) is 11.8. The summed E-state index contributed by atoms with van der Waals surface area (Å²) in [6.45, 7) is 11.6. The summed E-state index contributed by atoms with van der Waals surface area (Å²) in [5, 5.41) is 0. The smallest absolute Gasteiger partial charge is 0.201 e. The molecule has 0 aliphatic heterocycles. The molecule has 1 fully saturated rings. The van der Waals surface area contributed by atoms with E-state index < -0.39 is 0 Å². The van der Waals surface area contributed by atoms with Gasteiger partial charge in [0.15, 0.2) is 6.20 Å². The molecule has 1 heterocycles. The minimum Gasteiger partial charge on any atom is -0.201 e. The number of rotatable bonds is 4. The lowest BCUT2D eigenvalue weighted by atomic mass is 9.79. The molecule has 0 spiro atoms. The first kappa shape index (κ1) is 18.2. The first-order valence-electron chi connectivity index (χ1n) is 9.88. The van der Waals surface area contributed by atoms with Gasteiger partial charge in [-0.3, -0.25) is 0 Å². The molecule has 0 bridgehead atoms. The number of benzene rings is 1. The third-order valence-corrected chi connectivity index (χ3v) is 6.71. The summed E-state index contributed by atoms with van der Waals surface area (Å²) in [6.07, 6.45) is 8.88. The van der Waals surface area contributed by atoms with Crippen molar-refractivity contribution < 1.29 is 4.57 Å². The molecule has 2 aromatic rings. The maximum atomic E-state index is 2.44. The van der Waals surface area contributed by atoms with Crippen molar-refractivity contribution in [1.82, 2.24) is 0 Å². The molecular weight excluding hydrogens is 302 g/mol. The molecule has 0 N–H and O–H groups in total. The Morgan fingerprint density at radius 2 is 1.76 bits per heavy atom. The van der Waals surface area contributed by atoms with Crippen LogP contribution in [0.25, 0.3) is 11.3 Å². The molecule has 1 aliphatic carbocycles. The number of aromatic nitrogens is 1. The lowest BCUT2D eigenvalue weighted by Crippen LogP contribution is -2.33. The molecule has 1 aromatic carbocycles. The van der Waals surface area contributed by atoms with Crippen molar-refractivity contribution in [2.24, 2.45) is 7.05 Å². The predicted molar refractivity (Wildman–Crippen MR) is 107 cm³/mol. The fourth-order valence-electron chi connectivity index (χ4n) is 4.26. The normalized spacial score (nSPS) is 17.0. The molecule has 134 valence electrons. The first-order valence-corrected chi connectivity index (χ1v) is 9.88. The highest BCUT2D eigenvalue weighted by molar-refractivity contribution is 5.62. The van der Waals surface area contributed by atoms with Crippen molar-refractivity contribution in [3.63, 3.8) is 0 Å². The molecule has 1 nitrogen and oxygen atoms in total. The number of aryl methyl sites for hydroxylation is 2. The Labute approximate surface area is 154 Å². The van der Waals surface area contributed by atoms with Crippen LogP contribution in [0.3, 0.4) is 0 Å². The van der Waals surface area contributed by atoms with Gasteiger partial charge in [0.2, 0.25) is 5.69 Å². The second-order valence-corrected chi connectivity index (χ2v) is 8.95. The monoisotopic (exact) mass is 336 g/mol. The molecule has 3 rings (SSSR count). The Morgan fingerprint density at radius 1 is 1.08 bits per heavy atom. The van der Waals surface area contributed by atoms with Crippen LogP contribution < -0.4 is 4.57 Å². The van der Waals surface area contributed by atoms with Crippen LogP contribution in [-0.4, -0.2) is 0 Å². The number of nitrogens with zero attached hydrogens (tertiary/aromatic N) is 1. The SMILES string of the molecule is CCC(C)(C)c1ccc(-c2ccc(C3(C)CCCC3)cc2C)[n+](C)c1. The molecule has 0 amide bonds. The van der Waals surface area contributed by atoms with Crippen molar-refractivity contribution in [3.05, 3.63) is 53.2 Å². The van der Waals surface area contributed by atoms with E-state index in [1.807, 2.05) is 0 Å². The van der Waals surface area contributed by atoms with Crippen LogP contribution in [0.2, 0.25) is 0 Å². The molecule has 0 unspecified atom stereocenters. The van der Waals surface area contributed by atoms with Gasteiger partial charge in [0, 0.05) is 17.2 Å². The Hall–Kier alpha value is -1.63. The van der Waals surface area contributed by atoms with Gasteiger partial charge in [0.05, 0.1) is 0 Å². The van der Waals surface area contributed by atoms with Crippen LogP contribution in [0, 0.1) is 6.92 Å². The highest BCUT2D eigenvalue weighted by atomic mass is 14.9. The minimum absolute atomic E-state index is 0.228. The Kier molecular flexibility index (Phi) is 4.79. The molecule has 0 atom stereocenters. The van der Waals surface area contributed by atoms with E-state index >= 15 is 0 Å². The van der Waals surface area contributed by atoms with Gasteiger partial charge in [0.25, 0.3) is 0 Å². The molecule has 0 radical (unpaired) electrons. The van der Waals surface area contributed by atoms with Crippen LogP contribution in [0.1, 0.15) is 76.5 Å². The highest BCUT2D eigenvalue weighted by Gasteiger charge is 2.31. The zero-order valence-electron chi connectivity index (χ0n) is 16.9. The lowest BCUT2D eigenvalue weighted by Gasteiger charge is -2.25. The van der Waals surface area contributed by atoms with Crippen LogP contribution in [0.15, 0.2) is 36.5 Å². The van der Waals surface area contributed by atoms with Crippen LogP contribution in [-0.2, 0) is 17.9 Å². The van der Waals surface area contributed by atoms with E-state index in [1.165, 1.54) is 53.6 Å². The van der Waals surface area contributed by atoms with E-state index in [9.17, 15) is 0 Å². The summed E-state index contributed by atoms with van der Waals surface area (Å²) in [5.74, 6) is 0. The average molecular weight is 337 g/mol. The molecule has 1 aliphatic rings. The van der Waals surface area contributed by atoms with Gasteiger partial charge >= 0.3 is 0 Å². The maximum Gasteiger partial charge on any atom is 0.212 e. The Bertz CT molecular complexity index is 764. The highest BCUT2D eigenvalue weighted by Crippen LogP contribution is 2.41. The molecule has 0 saturated heterocycles. The zero-order valence-corrected chi connectivity index (χ0v) is 16.9. The summed E-state index contributed by atoms with van der Waals surface area (Å²) in [5.41, 5.74) is 7.60. The minimum atomic E-state index is 0.228. The summed E-state index contributed by atoms with van der Waals surface area (Å²) < 4.78 is 2.30. The Balaban J connectivity index is 1.97. The second-order valence-electron chi connectivity index (χ2n) is 8.95. The topological polar surface area (TPSA) is 3.88 Å². The Morgan fingerprint density at radius 3 is 2.32 bits per heavy atom. The number of pyridine rings is 1. The van der Waals surface area contributed by atoms with E-state index in [-0.39, 0.29) is 5.41 Å². The molecule has 25 heavy (non-hydrogen) atoms. The maximum absolute atomic E-state index is 2.44. The van der Waals surface area contributed by atoms with Crippen molar-refractivity contribution >= 4 is 0 Å². The summed E-state index contributed by atoms with van der Waals surface area (Å²) >= 11 is 0. The fraction of sp³-hybridized carbons (Fsp3) is 0.542. The largest absolute Gasteiger partial charge is 0.212 e. The van der Waals surface area contributed by atoms with Crippen molar-refractivity contribution in [2.75, 3.05) is 0 Å². The third-order valence-electron chi connectivity index (χ3n) is 6.71. The van der Waals surface area contributed by atoms with Gasteiger partial charge in [0.1, 0.15) is 7.05 Å². The quantitative estimate of drug-likeness (QED) is 0.602. The van der Waals surface area contributed by atoms with Crippen LogP contribution >= 0.6 is 0 Å². The molecule has 1 aromatic heterocycles. The van der Waals surface area contributed by atoms with Crippen LogP contribution in [0.5, 0.6) is 0 Å². The van der Waals surface area contributed by atoms with E-state index in [2.05, 4.69) is 82.8 Å². The standard InChI is InChI=1S/C24H34N/c1-7-23(3,4)20-11-13-22(25(6)17-20)21-12-10-19(16-18(21)2)24(5)14-8-9-15-24/h10-13,16-17H,7-9,14-15H2,1-6H3/q+1. The van der Waals surface area contributed by atoms with Gasteiger partial charge in [-0.1, -0.05) is 52.7 Å². The fourth-order valence-corrected chi connectivity index (χ4v) is 4.26. The third kappa shape index (κ3) is 3.38. The van der Waals surface area contributed by atoms with Gasteiger partial charge in [-0.25, -0.2) is 4.57 Å². The molecule has 1 saturated carbocycles. The number of hydrogen-bond donors (Lipinski definition) is 0. The van der Waals surface area contributed by atoms with E-state index in [0.717, 1.165) is 6.42 Å². The summed E-state index contributed by atoms with van der Waals surface area (Å²) in [6, 6.07) is 11.8. The van der Waals surface area contributed by atoms with Gasteiger partial charge < -0.3 is 0 Å². The summed E-state index contributed by atoms with van der Waals surface area (Å²) in [4.78, 5) is 0. The lowest BCUT2D eigenvalue weighted by molar-refractivity contribution is -0.661. The van der Waals surface area contributed by atoms with E-state index in [0.29, 0.717) is 5.41 Å². The second kappa shape index (κ2) is 6.59. The van der Waals surface area contributed by atoms with Gasteiger partial charge in [-0.2, -0.15) is 0 Å². The zero-order chi connectivity index (χ0) is 18.2. The summed E-state index contributed by atoms with van der Waals surface area (Å²) in [7, 11) is 2.18. The van der Waals surface area contributed by atoms with Gasteiger partial charge in [-0.05, 0) is 60.3 Å². The molecule has 1 heteroatoms. The average Bonchev–Trinajstić information content (AvgIpc) is 3.03.